The zero-order valence-electron chi connectivity index (χ0n) is 11.6. The van der Waals surface area contributed by atoms with Gasteiger partial charge in [-0.3, -0.25) is 0 Å². The molecule has 2 rings (SSSR count). The molecule has 0 heterocycles. The molecular weight excluding hydrogens is 300 g/mol. The van der Waals surface area contributed by atoms with Crippen molar-refractivity contribution in [3.05, 3.63) is 22.7 Å². The number of nitrogens with one attached hydrogen (secondary N) is 1. The molecule has 0 amide bonds. The summed E-state index contributed by atoms with van der Waals surface area (Å²) in [6.07, 6.45) is -0.0952. The number of halogens is 1. The lowest BCUT2D eigenvalue weighted by Crippen LogP contribution is -2.61. The lowest BCUT2D eigenvalue weighted by Gasteiger charge is -2.49. The highest BCUT2D eigenvalue weighted by Gasteiger charge is 2.49. The van der Waals surface area contributed by atoms with Gasteiger partial charge in [0.15, 0.2) is 0 Å². The van der Waals surface area contributed by atoms with Crippen LogP contribution >= 0.6 is 11.6 Å². The Balaban J connectivity index is 2.33. The molecule has 2 unspecified atom stereocenters. The molecular formula is C13H19ClN2O3S. The first kappa shape index (κ1) is 15.6. The van der Waals surface area contributed by atoms with Gasteiger partial charge in [-0.1, -0.05) is 25.4 Å². The summed E-state index contributed by atoms with van der Waals surface area (Å²) in [6, 6.07) is 2.60. The van der Waals surface area contributed by atoms with Gasteiger partial charge in [0, 0.05) is 22.2 Å². The number of hydrogen-bond acceptors (Lipinski definition) is 4. The van der Waals surface area contributed by atoms with Crippen LogP contribution in [0.1, 0.15) is 25.8 Å². The van der Waals surface area contributed by atoms with Crippen molar-refractivity contribution in [1.82, 2.24) is 4.72 Å². The molecule has 1 aliphatic rings. The molecule has 2 atom stereocenters. The van der Waals surface area contributed by atoms with E-state index in [0.29, 0.717) is 17.7 Å². The maximum atomic E-state index is 12.4. The molecule has 0 saturated heterocycles. The molecule has 112 valence electrons. The van der Waals surface area contributed by atoms with Crippen molar-refractivity contribution >= 4 is 27.3 Å². The number of nitrogen functional groups attached to an aromatic ring is 1. The second kappa shape index (κ2) is 4.87. The molecule has 1 saturated carbocycles. The first-order chi connectivity index (χ1) is 9.05. The molecule has 0 aliphatic heterocycles. The van der Waals surface area contributed by atoms with Gasteiger partial charge in [0.05, 0.1) is 11.0 Å². The normalized spacial score (nSPS) is 25.2. The van der Waals surface area contributed by atoms with Crippen molar-refractivity contribution < 1.29 is 13.5 Å². The molecule has 0 aromatic heterocycles. The molecule has 1 aliphatic carbocycles. The molecule has 1 aromatic carbocycles. The van der Waals surface area contributed by atoms with E-state index in [2.05, 4.69) is 4.72 Å². The highest BCUT2D eigenvalue weighted by Crippen LogP contribution is 2.41. The van der Waals surface area contributed by atoms with Gasteiger partial charge < -0.3 is 10.8 Å². The van der Waals surface area contributed by atoms with Gasteiger partial charge in [-0.25, -0.2) is 13.1 Å². The van der Waals surface area contributed by atoms with Crippen LogP contribution in [-0.4, -0.2) is 25.7 Å². The van der Waals surface area contributed by atoms with E-state index in [4.69, 9.17) is 17.3 Å². The average Bonchev–Trinajstić information content (AvgIpc) is 2.33. The van der Waals surface area contributed by atoms with E-state index in [9.17, 15) is 13.5 Å². The lowest BCUT2D eigenvalue weighted by atomic mass is 9.65. The van der Waals surface area contributed by atoms with E-state index in [1.54, 1.807) is 6.92 Å². The van der Waals surface area contributed by atoms with Crippen molar-refractivity contribution in [2.75, 3.05) is 5.73 Å². The number of aliphatic hydroxyl groups excluding tert-OH is 1. The van der Waals surface area contributed by atoms with Crippen molar-refractivity contribution in [2.24, 2.45) is 5.41 Å². The van der Waals surface area contributed by atoms with Crippen molar-refractivity contribution in [3.8, 4) is 0 Å². The summed E-state index contributed by atoms with van der Waals surface area (Å²) in [4.78, 5) is 0.0830. The maximum Gasteiger partial charge on any atom is 0.241 e. The van der Waals surface area contributed by atoms with E-state index in [1.165, 1.54) is 12.1 Å². The van der Waals surface area contributed by atoms with E-state index in [-0.39, 0.29) is 16.0 Å². The van der Waals surface area contributed by atoms with Crippen LogP contribution in [0, 0.1) is 12.3 Å². The van der Waals surface area contributed by atoms with Crippen LogP contribution in [0.3, 0.4) is 0 Å². The van der Waals surface area contributed by atoms with Gasteiger partial charge in [0.2, 0.25) is 10.0 Å². The Bertz CT molecular complexity index is 643. The summed E-state index contributed by atoms with van der Waals surface area (Å²) < 4.78 is 27.5. The second-order valence-electron chi connectivity index (χ2n) is 5.86. The Morgan fingerprint density at radius 1 is 1.45 bits per heavy atom. The topological polar surface area (TPSA) is 92.4 Å². The SMILES string of the molecule is Cc1c(N)cc(Cl)cc1S(=O)(=O)NC1CC(O)C1(C)C. The fraction of sp³-hybridized carbons (Fsp3) is 0.538. The third kappa shape index (κ3) is 2.53. The van der Waals surface area contributed by atoms with Gasteiger partial charge in [0.25, 0.3) is 0 Å². The fourth-order valence-electron chi connectivity index (χ4n) is 2.31. The highest BCUT2D eigenvalue weighted by atomic mass is 35.5. The van der Waals surface area contributed by atoms with Crippen LogP contribution in [0.15, 0.2) is 17.0 Å². The first-order valence-corrected chi connectivity index (χ1v) is 8.18. The van der Waals surface area contributed by atoms with Crippen LogP contribution in [0.2, 0.25) is 5.02 Å². The Morgan fingerprint density at radius 3 is 2.55 bits per heavy atom. The van der Waals surface area contributed by atoms with Gasteiger partial charge in [0.1, 0.15) is 0 Å². The van der Waals surface area contributed by atoms with Gasteiger partial charge >= 0.3 is 0 Å². The zero-order chi connectivity index (χ0) is 15.3. The molecule has 0 spiro atoms. The number of hydrogen-bond donors (Lipinski definition) is 3. The largest absolute Gasteiger partial charge is 0.398 e. The predicted molar refractivity (Wildman–Crippen MR) is 79.1 cm³/mol. The molecule has 4 N–H and O–H groups in total. The van der Waals surface area contributed by atoms with Gasteiger partial charge in [-0.15, -0.1) is 0 Å². The highest BCUT2D eigenvalue weighted by molar-refractivity contribution is 7.89. The minimum absolute atomic E-state index is 0.0830. The summed E-state index contributed by atoms with van der Waals surface area (Å²) in [6.45, 7) is 5.29. The van der Waals surface area contributed by atoms with Crippen molar-refractivity contribution in [2.45, 2.75) is 44.2 Å². The third-order valence-electron chi connectivity index (χ3n) is 4.17. The van der Waals surface area contributed by atoms with Crippen LogP contribution in [-0.2, 0) is 10.0 Å². The number of aliphatic hydroxyl groups is 1. The number of nitrogens with two attached hydrogens (primary N) is 1. The maximum absolute atomic E-state index is 12.4. The molecule has 1 fully saturated rings. The Labute approximate surface area is 124 Å². The Kier molecular flexibility index (Phi) is 3.79. The lowest BCUT2D eigenvalue weighted by molar-refractivity contribution is -0.0645. The van der Waals surface area contributed by atoms with Gasteiger partial charge in [-0.2, -0.15) is 0 Å². The molecule has 0 radical (unpaired) electrons. The monoisotopic (exact) mass is 318 g/mol. The predicted octanol–water partition coefficient (Wildman–Crippen LogP) is 1.67. The Hall–Kier alpha value is -0.820. The summed E-state index contributed by atoms with van der Waals surface area (Å²) >= 11 is 5.88. The van der Waals surface area contributed by atoms with Crippen LogP contribution in [0.25, 0.3) is 0 Å². The smallest absolute Gasteiger partial charge is 0.241 e. The van der Waals surface area contributed by atoms with Crippen molar-refractivity contribution in [3.63, 3.8) is 0 Å². The standard InChI is InChI=1S/C13H19ClN2O3S/c1-7-9(15)4-8(14)5-10(7)20(18,19)16-11-6-12(17)13(11,2)3/h4-5,11-12,16-17H,6,15H2,1-3H3. The van der Waals surface area contributed by atoms with Crippen LogP contribution < -0.4 is 10.5 Å². The number of rotatable bonds is 3. The minimum Gasteiger partial charge on any atom is -0.398 e. The fourth-order valence-corrected chi connectivity index (χ4v) is 4.30. The van der Waals surface area contributed by atoms with E-state index < -0.39 is 21.5 Å². The molecule has 1 aromatic rings. The minimum atomic E-state index is -3.72. The van der Waals surface area contributed by atoms with E-state index in [1.807, 2.05) is 13.8 Å². The van der Waals surface area contributed by atoms with E-state index >= 15 is 0 Å². The summed E-state index contributed by atoms with van der Waals surface area (Å²) in [5.74, 6) is 0. The number of anilines is 1. The molecule has 7 heteroatoms. The average molecular weight is 319 g/mol. The second-order valence-corrected chi connectivity index (χ2v) is 7.98. The molecule has 5 nitrogen and oxygen atoms in total. The summed E-state index contributed by atoms with van der Waals surface area (Å²) in [7, 11) is -3.72. The first-order valence-electron chi connectivity index (χ1n) is 6.31. The van der Waals surface area contributed by atoms with Crippen LogP contribution in [0.5, 0.6) is 0 Å². The van der Waals surface area contributed by atoms with Crippen molar-refractivity contribution in [1.29, 1.82) is 0 Å². The summed E-state index contributed by atoms with van der Waals surface area (Å²) in [5, 5.41) is 9.96. The van der Waals surface area contributed by atoms with Gasteiger partial charge in [-0.05, 0) is 31.0 Å². The van der Waals surface area contributed by atoms with Crippen LogP contribution in [0.4, 0.5) is 5.69 Å². The number of benzene rings is 1. The molecule has 20 heavy (non-hydrogen) atoms. The quantitative estimate of drug-likeness (QED) is 0.739. The van der Waals surface area contributed by atoms with E-state index in [0.717, 1.165) is 0 Å². The Morgan fingerprint density at radius 2 is 2.05 bits per heavy atom. The third-order valence-corrected chi connectivity index (χ3v) is 5.98. The summed E-state index contributed by atoms with van der Waals surface area (Å²) in [5.41, 5.74) is 6.08. The molecule has 0 bridgehead atoms. The number of sulfonamides is 1. The zero-order valence-corrected chi connectivity index (χ0v) is 13.2.